The van der Waals surface area contributed by atoms with Crippen molar-refractivity contribution in [3.05, 3.63) is 0 Å². The largest absolute Gasteiger partial charge is 0.327 e. The molecule has 2 N–H and O–H groups in total. The van der Waals surface area contributed by atoms with E-state index in [2.05, 4.69) is 6.92 Å². The van der Waals surface area contributed by atoms with E-state index in [1.54, 1.807) is 0 Å². The quantitative estimate of drug-likeness (QED) is 0.565. The molecular weight excluding hydrogens is 110 g/mol. The van der Waals surface area contributed by atoms with Gasteiger partial charge in [-0.25, -0.2) is 0 Å². The molecule has 0 aliphatic heterocycles. The lowest BCUT2D eigenvalue weighted by Crippen LogP contribution is -2.26. The minimum atomic E-state index is 0.544. The normalized spacial score (nSPS) is 50.7. The van der Waals surface area contributed by atoms with Gasteiger partial charge < -0.3 is 5.73 Å². The molecule has 0 amide bonds. The van der Waals surface area contributed by atoms with Crippen LogP contribution in [0.15, 0.2) is 0 Å². The molecule has 0 spiro atoms. The monoisotopic (exact) mass is 125 g/mol. The summed E-state index contributed by atoms with van der Waals surface area (Å²) >= 11 is 0. The number of hydrogen-bond acceptors (Lipinski definition) is 1. The van der Waals surface area contributed by atoms with Crippen LogP contribution in [0.25, 0.3) is 0 Å². The lowest BCUT2D eigenvalue weighted by atomic mass is 9.74. The first-order chi connectivity index (χ1) is 4.23. The summed E-state index contributed by atoms with van der Waals surface area (Å²) < 4.78 is 0. The summed E-state index contributed by atoms with van der Waals surface area (Å²) in [5.74, 6) is 0.993. The molecule has 2 atom stereocenters. The molecule has 9 heavy (non-hydrogen) atoms. The molecule has 1 heteroatoms. The van der Waals surface area contributed by atoms with E-state index in [-0.39, 0.29) is 0 Å². The summed E-state index contributed by atoms with van der Waals surface area (Å²) in [6.07, 6.45) is 5.64. The third-order valence-electron chi connectivity index (χ3n) is 3.38. The van der Waals surface area contributed by atoms with Gasteiger partial charge in [0.2, 0.25) is 0 Å². The van der Waals surface area contributed by atoms with Gasteiger partial charge in [-0.1, -0.05) is 13.3 Å². The molecule has 0 aromatic rings. The van der Waals surface area contributed by atoms with Gasteiger partial charge in [-0.15, -0.1) is 0 Å². The highest BCUT2D eigenvalue weighted by atomic mass is 14.8. The zero-order chi connectivity index (χ0) is 6.48. The molecule has 0 radical (unpaired) electrons. The van der Waals surface area contributed by atoms with Crippen molar-refractivity contribution in [2.75, 3.05) is 0 Å². The highest BCUT2D eigenvalue weighted by Crippen LogP contribution is 2.56. The molecule has 2 saturated carbocycles. The Hall–Kier alpha value is -0.0400. The molecule has 1 nitrogen and oxygen atoms in total. The van der Waals surface area contributed by atoms with Crippen LogP contribution in [-0.2, 0) is 0 Å². The molecule has 2 aliphatic carbocycles. The van der Waals surface area contributed by atoms with Crippen LogP contribution in [0.4, 0.5) is 0 Å². The smallest absolute Gasteiger partial charge is 0.0102 e. The maximum absolute atomic E-state index is 5.81. The Labute approximate surface area is 56.6 Å². The van der Waals surface area contributed by atoms with Crippen LogP contribution >= 0.6 is 0 Å². The first kappa shape index (κ1) is 5.72. The second kappa shape index (κ2) is 1.51. The number of rotatable bonds is 1. The van der Waals surface area contributed by atoms with E-state index in [1.165, 1.54) is 25.7 Å². The molecule has 0 bridgehead atoms. The summed E-state index contributed by atoms with van der Waals surface area (Å²) in [6.45, 7) is 2.35. The lowest BCUT2D eigenvalue weighted by molar-refractivity contribution is 0.196. The second-order valence-electron chi connectivity index (χ2n) is 3.94. The average Bonchev–Trinajstić information content (AvgIpc) is 2.07. The summed E-state index contributed by atoms with van der Waals surface area (Å²) in [7, 11) is 0. The van der Waals surface area contributed by atoms with E-state index in [1.807, 2.05) is 0 Å². The maximum atomic E-state index is 5.81. The molecule has 0 unspecified atom stereocenters. The van der Waals surface area contributed by atoms with Crippen molar-refractivity contribution in [2.24, 2.45) is 17.1 Å². The molecule has 0 aromatic heterocycles. The van der Waals surface area contributed by atoms with E-state index in [9.17, 15) is 0 Å². The number of hydrogen-bond donors (Lipinski definition) is 1. The summed E-state index contributed by atoms with van der Waals surface area (Å²) in [6, 6.07) is 0.544. The number of nitrogens with two attached hydrogens (primary N) is 1. The predicted molar refractivity (Wildman–Crippen MR) is 38.0 cm³/mol. The molecule has 2 aliphatic rings. The first-order valence-electron chi connectivity index (χ1n) is 3.99. The van der Waals surface area contributed by atoms with Crippen molar-refractivity contribution >= 4 is 0 Å². The topological polar surface area (TPSA) is 26.0 Å². The van der Waals surface area contributed by atoms with Crippen molar-refractivity contribution in [1.29, 1.82) is 0 Å². The SMILES string of the molecule is C[C@]1(C2CCC2)C[C@@H]1N. The van der Waals surface area contributed by atoms with Crippen LogP contribution in [0.5, 0.6) is 0 Å². The van der Waals surface area contributed by atoms with Gasteiger partial charge in [0.05, 0.1) is 0 Å². The highest BCUT2D eigenvalue weighted by Gasteiger charge is 2.54. The highest BCUT2D eigenvalue weighted by molar-refractivity contribution is 5.08. The van der Waals surface area contributed by atoms with E-state index in [4.69, 9.17) is 5.73 Å². The summed E-state index contributed by atoms with van der Waals surface area (Å²) in [4.78, 5) is 0. The standard InChI is InChI=1S/C8H15N/c1-8(5-7(8)9)6-3-2-4-6/h6-7H,2-5,9H2,1H3/t7-,8+/m0/s1. The predicted octanol–water partition coefficient (Wildman–Crippen LogP) is 1.52. The zero-order valence-electron chi connectivity index (χ0n) is 6.06. The van der Waals surface area contributed by atoms with Gasteiger partial charge >= 0.3 is 0 Å². The Morgan fingerprint density at radius 3 is 2.11 bits per heavy atom. The fourth-order valence-corrected chi connectivity index (χ4v) is 1.95. The van der Waals surface area contributed by atoms with Gasteiger partial charge in [0.25, 0.3) is 0 Å². The van der Waals surface area contributed by atoms with E-state index in [0.29, 0.717) is 11.5 Å². The van der Waals surface area contributed by atoms with Gasteiger partial charge in [-0.05, 0) is 30.6 Å². The Morgan fingerprint density at radius 2 is 2.00 bits per heavy atom. The van der Waals surface area contributed by atoms with Crippen LogP contribution in [0.1, 0.15) is 32.6 Å². The molecule has 2 fully saturated rings. The fraction of sp³-hybridized carbons (Fsp3) is 1.00. The van der Waals surface area contributed by atoms with Gasteiger partial charge in [0.1, 0.15) is 0 Å². The Kier molecular flexibility index (Phi) is 0.963. The third-order valence-corrected chi connectivity index (χ3v) is 3.38. The molecule has 0 saturated heterocycles. The maximum Gasteiger partial charge on any atom is 0.0102 e. The summed E-state index contributed by atoms with van der Waals surface area (Å²) in [5.41, 5.74) is 6.39. The van der Waals surface area contributed by atoms with Crippen LogP contribution < -0.4 is 5.73 Å². The van der Waals surface area contributed by atoms with Crippen molar-refractivity contribution in [3.8, 4) is 0 Å². The average molecular weight is 125 g/mol. The molecular formula is C8H15N. The van der Waals surface area contributed by atoms with Gasteiger partial charge in [-0.2, -0.15) is 0 Å². The minimum Gasteiger partial charge on any atom is -0.327 e. The minimum absolute atomic E-state index is 0.544. The Bertz CT molecular complexity index is 129. The molecule has 2 rings (SSSR count). The second-order valence-corrected chi connectivity index (χ2v) is 3.94. The van der Waals surface area contributed by atoms with E-state index >= 15 is 0 Å². The Morgan fingerprint density at radius 1 is 1.44 bits per heavy atom. The zero-order valence-corrected chi connectivity index (χ0v) is 6.06. The molecule has 0 aromatic carbocycles. The van der Waals surface area contributed by atoms with E-state index in [0.717, 1.165) is 5.92 Å². The van der Waals surface area contributed by atoms with Crippen molar-refractivity contribution in [2.45, 2.75) is 38.6 Å². The van der Waals surface area contributed by atoms with Crippen molar-refractivity contribution in [3.63, 3.8) is 0 Å². The molecule has 0 heterocycles. The van der Waals surface area contributed by atoms with Crippen LogP contribution in [-0.4, -0.2) is 6.04 Å². The van der Waals surface area contributed by atoms with Crippen molar-refractivity contribution < 1.29 is 0 Å². The lowest BCUT2D eigenvalue weighted by Gasteiger charge is -2.32. The first-order valence-corrected chi connectivity index (χ1v) is 3.99. The van der Waals surface area contributed by atoms with Gasteiger partial charge in [0, 0.05) is 6.04 Å². The van der Waals surface area contributed by atoms with Crippen LogP contribution in [0, 0.1) is 11.3 Å². The summed E-state index contributed by atoms with van der Waals surface area (Å²) in [5, 5.41) is 0. The fourth-order valence-electron chi connectivity index (χ4n) is 1.95. The molecule has 52 valence electrons. The van der Waals surface area contributed by atoms with Crippen LogP contribution in [0.3, 0.4) is 0 Å². The van der Waals surface area contributed by atoms with Crippen molar-refractivity contribution in [1.82, 2.24) is 0 Å². The van der Waals surface area contributed by atoms with E-state index < -0.39 is 0 Å². The Balaban J connectivity index is 1.97. The third kappa shape index (κ3) is 0.644. The van der Waals surface area contributed by atoms with Crippen LogP contribution in [0.2, 0.25) is 0 Å². The van der Waals surface area contributed by atoms with Gasteiger partial charge in [-0.3, -0.25) is 0 Å². The van der Waals surface area contributed by atoms with Gasteiger partial charge in [0.15, 0.2) is 0 Å².